The van der Waals surface area contributed by atoms with E-state index in [1.807, 2.05) is 104 Å². The van der Waals surface area contributed by atoms with Crippen molar-refractivity contribution in [3.05, 3.63) is 223 Å². The molecule has 1 N–H and O–H groups in total. The summed E-state index contributed by atoms with van der Waals surface area (Å²) < 4.78 is 43.4. The van der Waals surface area contributed by atoms with E-state index in [9.17, 15) is 9.59 Å². The van der Waals surface area contributed by atoms with Gasteiger partial charge in [0.1, 0.15) is 40.9 Å². The van der Waals surface area contributed by atoms with Crippen molar-refractivity contribution in [2.45, 2.75) is 57.1 Å². The van der Waals surface area contributed by atoms with Crippen molar-refractivity contribution in [1.82, 2.24) is 9.55 Å². The monoisotopic (exact) mass is 890 g/mol. The maximum absolute atomic E-state index is 12.6. The second-order valence-corrected chi connectivity index (χ2v) is 16.1. The van der Waals surface area contributed by atoms with Crippen LogP contribution in [-0.4, -0.2) is 57.8 Å². The minimum atomic E-state index is -1.09. The van der Waals surface area contributed by atoms with Gasteiger partial charge in [0.05, 0.1) is 41.2 Å². The molecule has 66 heavy (non-hydrogen) atoms. The lowest BCUT2D eigenvalue weighted by atomic mass is 9.79. The lowest BCUT2D eigenvalue weighted by Gasteiger charge is -2.37. The van der Waals surface area contributed by atoms with Crippen LogP contribution in [0.2, 0.25) is 0 Å². The number of benzene rings is 6. The number of aryl methyl sites for hydroxylation is 3. The Morgan fingerprint density at radius 2 is 0.864 bits per heavy atom. The summed E-state index contributed by atoms with van der Waals surface area (Å²) in [7, 11) is 8.36. The molecular formula is C55H58N2O9. The van der Waals surface area contributed by atoms with Gasteiger partial charge in [0.2, 0.25) is 0 Å². The molecule has 11 heteroatoms. The Kier molecular flexibility index (Phi) is 15.2. The van der Waals surface area contributed by atoms with E-state index in [1.54, 1.807) is 42.5 Å². The van der Waals surface area contributed by atoms with Crippen LogP contribution in [0.1, 0.15) is 63.4 Å². The van der Waals surface area contributed by atoms with Crippen LogP contribution in [0, 0.1) is 6.92 Å². The van der Waals surface area contributed by atoms with Crippen LogP contribution in [0.4, 0.5) is 0 Å². The zero-order valence-electron chi connectivity index (χ0n) is 38.7. The van der Waals surface area contributed by atoms with E-state index in [2.05, 4.69) is 53.5 Å². The highest BCUT2D eigenvalue weighted by Crippen LogP contribution is 2.43. The zero-order chi connectivity index (χ0) is 46.7. The van der Waals surface area contributed by atoms with Gasteiger partial charge in [0, 0.05) is 18.9 Å². The number of hydrogen-bond donors (Lipinski definition) is 1. The highest BCUT2D eigenvalue weighted by Gasteiger charge is 2.39. The molecule has 0 radical (unpaired) electrons. The van der Waals surface area contributed by atoms with Crippen LogP contribution >= 0.6 is 0 Å². The van der Waals surface area contributed by atoms with Gasteiger partial charge >= 0.3 is 5.69 Å². The standard InChI is InChI=1S/C55H58N2O9/c1-8-47(65-37-57-35-38(2)52(58)56-53(57)59)36-66-55(45-23-31-50(62-5)32-24-45,46-25-33-51(63-6)34-26-46)44-17-13-40(14-18-44)10-9-39-11-15-41(16-12-39)54(64-7,42-19-27-48(60-3)28-20-42)43-21-29-49(61-4)30-22-43/h11-35,47H,8-10,36-37H2,1-7H3,(H,56,58,59)/t47-/m0/s1. The summed E-state index contributed by atoms with van der Waals surface area (Å²) in [6, 6.07) is 49.1. The Morgan fingerprint density at radius 3 is 1.20 bits per heavy atom. The van der Waals surface area contributed by atoms with E-state index in [1.165, 1.54) is 21.9 Å². The van der Waals surface area contributed by atoms with Crippen LogP contribution in [0.25, 0.3) is 0 Å². The SMILES string of the molecule is CC[C@@H](COC(c1ccc(CCc2ccc(C(OC)(c3ccc(OC)cc3)c3ccc(OC)cc3)cc2)cc1)(c1ccc(OC)cc1)c1ccc(OC)cc1)OCn1cc(C)c(=O)[nH]c1=O. The summed E-state index contributed by atoms with van der Waals surface area (Å²) in [5.74, 6) is 2.98. The summed E-state index contributed by atoms with van der Waals surface area (Å²) in [5.41, 5.74) is 5.50. The van der Waals surface area contributed by atoms with Gasteiger partial charge in [-0.15, -0.1) is 0 Å². The van der Waals surface area contributed by atoms with Crippen molar-refractivity contribution in [3.63, 3.8) is 0 Å². The van der Waals surface area contributed by atoms with E-state index in [4.69, 9.17) is 33.2 Å². The van der Waals surface area contributed by atoms with Gasteiger partial charge in [-0.3, -0.25) is 14.3 Å². The fraction of sp³-hybridized carbons (Fsp3) is 0.273. The number of aromatic nitrogens is 2. The maximum atomic E-state index is 12.6. The lowest BCUT2D eigenvalue weighted by Crippen LogP contribution is -2.37. The maximum Gasteiger partial charge on any atom is 0.330 e. The molecule has 0 saturated carbocycles. The van der Waals surface area contributed by atoms with E-state index >= 15 is 0 Å². The van der Waals surface area contributed by atoms with Crippen molar-refractivity contribution in [1.29, 1.82) is 0 Å². The van der Waals surface area contributed by atoms with Gasteiger partial charge in [0.15, 0.2) is 0 Å². The fourth-order valence-electron chi connectivity index (χ4n) is 8.41. The van der Waals surface area contributed by atoms with Crippen LogP contribution in [0.5, 0.6) is 23.0 Å². The van der Waals surface area contributed by atoms with Gasteiger partial charge in [-0.2, -0.15) is 0 Å². The average Bonchev–Trinajstić information content (AvgIpc) is 3.37. The molecule has 7 rings (SSSR count). The second-order valence-electron chi connectivity index (χ2n) is 16.1. The average molecular weight is 891 g/mol. The predicted octanol–water partition coefficient (Wildman–Crippen LogP) is 9.36. The summed E-state index contributed by atoms with van der Waals surface area (Å²) in [5, 5.41) is 0. The van der Waals surface area contributed by atoms with E-state index in [0.29, 0.717) is 12.0 Å². The highest BCUT2D eigenvalue weighted by atomic mass is 16.6. The van der Waals surface area contributed by atoms with Crippen molar-refractivity contribution in [2.75, 3.05) is 42.2 Å². The molecule has 1 atom stereocenters. The molecule has 11 nitrogen and oxygen atoms in total. The van der Waals surface area contributed by atoms with Crippen molar-refractivity contribution in [2.24, 2.45) is 0 Å². The van der Waals surface area contributed by atoms with Gasteiger partial charge in [-0.05, 0) is 119 Å². The topological polar surface area (TPSA) is 119 Å². The molecule has 0 aliphatic heterocycles. The fourth-order valence-corrected chi connectivity index (χ4v) is 8.41. The molecule has 0 spiro atoms. The largest absolute Gasteiger partial charge is 0.497 e. The Labute approximate surface area is 386 Å². The van der Waals surface area contributed by atoms with Crippen LogP contribution in [0.15, 0.2) is 161 Å². The number of H-pyrrole nitrogens is 1. The first-order valence-electron chi connectivity index (χ1n) is 22.0. The van der Waals surface area contributed by atoms with Crippen LogP contribution in [-0.2, 0) is 45.0 Å². The van der Waals surface area contributed by atoms with Crippen LogP contribution in [0.3, 0.4) is 0 Å². The predicted molar refractivity (Wildman–Crippen MR) is 256 cm³/mol. The van der Waals surface area contributed by atoms with Gasteiger partial charge in [-0.1, -0.05) is 104 Å². The Morgan fingerprint density at radius 1 is 0.515 bits per heavy atom. The number of methoxy groups -OCH3 is 5. The number of nitrogens with zero attached hydrogens (tertiary/aromatic N) is 1. The number of aromatic amines is 1. The number of nitrogens with one attached hydrogen (secondary N) is 1. The van der Waals surface area contributed by atoms with Crippen LogP contribution < -0.4 is 30.2 Å². The zero-order valence-corrected chi connectivity index (χ0v) is 38.7. The second kappa shape index (κ2) is 21.4. The van der Waals surface area contributed by atoms with E-state index in [0.717, 1.165) is 69.2 Å². The van der Waals surface area contributed by atoms with Gasteiger partial charge < -0.3 is 33.2 Å². The molecule has 1 aromatic heterocycles. The van der Waals surface area contributed by atoms with E-state index < -0.39 is 28.6 Å². The third-order valence-electron chi connectivity index (χ3n) is 12.3. The third kappa shape index (κ3) is 9.99. The Bertz CT molecular complexity index is 2650. The molecule has 0 aliphatic rings. The molecule has 0 bridgehead atoms. The molecule has 1 heterocycles. The number of rotatable bonds is 21. The molecular weight excluding hydrogens is 833 g/mol. The first kappa shape index (κ1) is 47.1. The Balaban J connectivity index is 1.17. The quantitative estimate of drug-likeness (QED) is 0.0705. The van der Waals surface area contributed by atoms with Gasteiger partial charge in [-0.25, -0.2) is 4.79 Å². The minimum Gasteiger partial charge on any atom is -0.497 e. The van der Waals surface area contributed by atoms with Crippen molar-refractivity contribution < 1.29 is 33.2 Å². The van der Waals surface area contributed by atoms with E-state index in [-0.39, 0.29) is 13.3 Å². The summed E-state index contributed by atoms with van der Waals surface area (Å²) in [4.78, 5) is 26.9. The first-order chi connectivity index (χ1) is 32.1. The third-order valence-corrected chi connectivity index (χ3v) is 12.3. The summed E-state index contributed by atoms with van der Waals surface area (Å²) >= 11 is 0. The smallest absolute Gasteiger partial charge is 0.330 e. The highest BCUT2D eigenvalue weighted by molar-refractivity contribution is 5.52. The molecule has 0 saturated heterocycles. The molecule has 0 aliphatic carbocycles. The summed E-state index contributed by atoms with van der Waals surface area (Å²) in [6.45, 7) is 3.80. The van der Waals surface area contributed by atoms with Crippen molar-refractivity contribution >= 4 is 0 Å². The first-order valence-corrected chi connectivity index (χ1v) is 22.0. The molecule has 0 unspecified atom stereocenters. The van der Waals surface area contributed by atoms with Crippen molar-refractivity contribution in [3.8, 4) is 23.0 Å². The molecule has 0 fully saturated rings. The van der Waals surface area contributed by atoms with Gasteiger partial charge in [0.25, 0.3) is 5.56 Å². The molecule has 0 amide bonds. The summed E-state index contributed by atoms with van der Waals surface area (Å²) in [6.07, 6.45) is 3.33. The molecule has 6 aromatic carbocycles. The molecule has 342 valence electrons. The number of ether oxygens (including phenoxy) is 7. The minimum absolute atomic E-state index is 0.0492. The Hall–Kier alpha value is -6.92. The number of hydrogen-bond acceptors (Lipinski definition) is 9. The normalized spacial score (nSPS) is 12.1. The lowest BCUT2D eigenvalue weighted by molar-refractivity contribution is -0.0836. The molecule has 7 aromatic rings.